The van der Waals surface area contributed by atoms with E-state index in [0.29, 0.717) is 11.3 Å². The van der Waals surface area contributed by atoms with E-state index < -0.39 is 11.9 Å². The van der Waals surface area contributed by atoms with Crippen molar-refractivity contribution >= 4 is 18.0 Å². The van der Waals surface area contributed by atoms with Gasteiger partial charge in [-0.3, -0.25) is 0 Å². The van der Waals surface area contributed by atoms with E-state index in [1.54, 1.807) is 12.3 Å². The van der Waals surface area contributed by atoms with Crippen LogP contribution in [0.25, 0.3) is 6.08 Å². The summed E-state index contributed by atoms with van der Waals surface area (Å²) < 4.78 is 8.93. The van der Waals surface area contributed by atoms with Crippen molar-refractivity contribution in [3.8, 4) is 0 Å². The highest BCUT2D eigenvalue weighted by Crippen LogP contribution is 2.06. The molecule has 1 rings (SSSR count). The molecule has 0 radical (unpaired) electrons. The second kappa shape index (κ2) is 4.99. The quantitative estimate of drug-likeness (QED) is 0.595. The molecule has 0 saturated heterocycles. The normalized spacial score (nSPS) is 10.3. The zero-order valence-corrected chi connectivity index (χ0v) is 8.44. The Morgan fingerprint density at radius 1 is 1.33 bits per heavy atom. The first-order valence-corrected chi connectivity index (χ1v) is 4.20. The zero-order valence-electron chi connectivity index (χ0n) is 8.44. The SMILES string of the molecule is COC(=O)C=Cc1c[nH]c(C(=O)OC)c1. The van der Waals surface area contributed by atoms with Crippen LogP contribution < -0.4 is 0 Å². The maximum atomic E-state index is 11.1. The van der Waals surface area contributed by atoms with Gasteiger partial charge in [-0.2, -0.15) is 0 Å². The number of rotatable bonds is 3. The van der Waals surface area contributed by atoms with E-state index in [-0.39, 0.29) is 0 Å². The van der Waals surface area contributed by atoms with Crippen molar-refractivity contribution in [1.29, 1.82) is 0 Å². The molecular weight excluding hydrogens is 198 g/mol. The number of hydrogen-bond donors (Lipinski definition) is 1. The average molecular weight is 209 g/mol. The molecule has 0 saturated carbocycles. The second-order valence-corrected chi connectivity index (χ2v) is 2.69. The Kier molecular flexibility index (Phi) is 3.68. The number of hydrogen-bond acceptors (Lipinski definition) is 4. The number of aromatic amines is 1. The molecule has 1 heterocycles. The van der Waals surface area contributed by atoms with Crippen LogP contribution in [0.3, 0.4) is 0 Å². The van der Waals surface area contributed by atoms with E-state index in [0.717, 1.165) is 0 Å². The highest BCUT2D eigenvalue weighted by molar-refractivity contribution is 5.90. The van der Waals surface area contributed by atoms with Gasteiger partial charge in [0, 0.05) is 12.3 Å². The number of methoxy groups -OCH3 is 2. The lowest BCUT2D eigenvalue weighted by atomic mass is 10.3. The number of carbonyl (C=O) groups is 2. The molecule has 0 spiro atoms. The summed E-state index contributed by atoms with van der Waals surface area (Å²) in [5.41, 5.74) is 1.03. The van der Waals surface area contributed by atoms with E-state index in [1.165, 1.54) is 26.4 Å². The maximum Gasteiger partial charge on any atom is 0.354 e. The lowest BCUT2D eigenvalue weighted by Gasteiger charge is -1.91. The topological polar surface area (TPSA) is 68.4 Å². The average Bonchev–Trinajstić information content (AvgIpc) is 2.73. The summed E-state index contributed by atoms with van der Waals surface area (Å²) in [5, 5.41) is 0. The first-order chi connectivity index (χ1) is 7.17. The Labute approximate surface area is 86.7 Å². The fraction of sp³-hybridized carbons (Fsp3) is 0.200. The van der Waals surface area contributed by atoms with Gasteiger partial charge in [-0.1, -0.05) is 0 Å². The number of nitrogens with one attached hydrogen (secondary N) is 1. The summed E-state index contributed by atoms with van der Waals surface area (Å²) in [6.07, 6.45) is 4.39. The molecule has 0 aliphatic heterocycles. The highest BCUT2D eigenvalue weighted by Gasteiger charge is 2.06. The van der Waals surface area contributed by atoms with Gasteiger partial charge in [0.15, 0.2) is 0 Å². The number of aromatic nitrogens is 1. The minimum atomic E-state index is -0.451. The summed E-state index contributed by atoms with van der Waals surface area (Å²) in [7, 11) is 2.59. The lowest BCUT2D eigenvalue weighted by molar-refractivity contribution is -0.134. The van der Waals surface area contributed by atoms with E-state index in [1.807, 2.05) is 0 Å². The largest absolute Gasteiger partial charge is 0.466 e. The van der Waals surface area contributed by atoms with Crippen molar-refractivity contribution < 1.29 is 19.1 Å². The summed E-state index contributed by atoms with van der Waals surface area (Å²) in [6.45, 7) is 0. The molecule has 15 heavy (non-hydrogen) atoms. The Hall–Kier alpha value is -2.04. The van der Waals surface area contributed by atoms with Crippen LogP contribution in [0.4, 0.5) is 0 Å². The summed E-state index contributed by atoms with van der Waals surface area (Å²) in [5.74, 6) is -0.900. The Morgan fingerprint density at radius 2 is 2.07 bits per heavy atom. The molecule has 80 valence electrons. The molecule has 0 aromatic carbocycles. The van der Waals surface area contributed by atoms with Crippen molar-refractivity contribution in [2.75, 3.05) is 14.2 Å². The van der Waals surface area contributed by atoms with Gasteiger partial charge in [-0.05, 0) is 17.7 Å². The molecule has 0 fully saturated rings. The zero-order chi connectivity index (χ0) is 11.3. The molecule has 0 bridgehead atoms. The van der Waals surface area contributed by atoms with Crippen molar-refractivity contribution in [1.82, 2.24) is 4.98 Å². The van der Waals surface area contributed by atoms with Crippen LogP contribution in [-0.4, -0.2) is 31.1 Å². The third kappa shape index (κ3) is 2.98. The van der Waals surface area contributed by atoms with Gasteiger partial charge in [-0.25, -0.2) is 9.59 Å². The number of carbonyl (C=O) groups excluding carboxylic acids is 2. The summed E-state index contributed by atoms with van der Waals surface area (Å²) in [4.78, 5) is 24.5. The predicted octanol–water partition coefficient (Wildman–Crippen LogP) is 0.987. The number of H-pyrrole nitrogens is 1. The van der Waals surface area contributed by atoms with E-state index in [2.05, 4.69) is 14.5 Å². The molecule has 1 aromatic heterocycles. The van der Waals surface area contributed by atoms with Gasteiger partial charge in [0.25, 0.3) is 0 Å². The Morgan fingerprint density at radius 3 is 2.67 bits per heavy atom. The van der Waals surface area contributed by atoms with Crippen LogP contribution in [0.2, 0.25) is 0 Å². The minimum absolute atomic E-state index is 0.335. The fourth-order valence-electron chi connectivity index (χ4n) is 0.967. The molecule has 1 aromatic rings. The third-order valence-electron chi connectivity index (χ3n) is 1.72. The molecule has 0 unspecified atom stereocenters. The Bertz CT molecular complexity index is 392. The van der Waals surface area contributed by atoms with Crippen LogP contribution in [-0.2, 0) is 14.3 Å². The van der Waals surface area contributed by atoms with Crippen molar-refractivity contribution in [2.45, 2.75) is 0 Å². The molecule has 0 atom stereocenters. The fourth-order valence-corrected chi connectivity index (χ4v) is 0.967. The third-order valence-corrected chi connectivity index (χ3v) is 1.72. The van der Waals surface area contributed by atoms with Crippen molar-refractivity contribution in [3.05, 3.63) is 29.6 Å². The van der Waals surface area contributed by atoms with Gasteiger partial charge in [0.05, 0.1) is 14.2 Å². The summed E-state index contributed by atoms with van der Waals surface area (Å²) in [6, 6.07) is 1.57. The van der Waals surface area contributed by atoms with Crippen LogP contribution in [0.1, 0.15) is 16.1 Å². The second-order valence-electron chi connectivity index (χ2n) is 2.69. The lowest BCUT2D eigenvalue weighted by Crippen LogP contribution is -2.00. The molecule has 0 aliphatic rings. The smallest absolute Gasteiger partial charge is 0.354 e. The van der Waals surface area contributed by atoms with E-state index >= 15 is 0 Å². The van der Waals surface area contributed by atoms with Crippen LogP contribution in [0, 0.1) is 0 Å². The molecule has 5 nitrogen and oxygen atoms in total. The minimum Gasteiger partial charge on any atom is -0.466 e. The number of esters is 2. The predicted molar refractivity (Wildman–Crippen MR) is 53.2 cm³/mol. The van der Waals surface area contributed by atoms with Crippen molar-refractivity contribution in [3.63, 3.8) is 0 Å². The number of ether oxygens (including phenoxy) is 2. The molecule has 5 heteroatoms. The van der Waals surface area contributed by atoms with Gasteiger partial charge >= 0.3 is 11.9 Å². The highest BCUT2D eigenvalue weighted by atomic mass is 16.5. The van der Waals surface area contributed by atoms with Crippen LogP contribution in [0.15, 0.2) is 18.3 Å². The van der Waals surface area contributed by atoms with E-state index in [9.17, 15) is 9.59 Å². The molecule has 1 N–H and O–H groups in total. The van der Waals surface area contributed by atoms with Crippen molar-refractivity contribution in [2.24, 2.45) is 0 Å². The first kappa shape index (κ1) is 11.0. The standard InChI is InChI=1S/C10H11NO4/c1-14-9(12)4-3-7-5-8(11-6-7)10(13)15-2/h3-6,11H,1-2H3. The van der Waals surface area contributed by atoms with Gasteiger partial charge in [0.2, 0.25) is 0 Å². The monoisotopic (exact) mass is 209 g/mol. The molecule has 0 aliphatic carbocycles. The molecule has 0 amide bonds. The van der Waals surface area contributed by atoms with Gasteiger partial charge in [-0.15, -0.1) is 0 Å². The Balaban J connectivity index is 2.72. The first-order valence-electron chi connectivity index (χ1n) is 4.20. The molecular formula is C10H11NO4. The summed E-state index contributed by atoms with van der Waals surface area (Å²) >= 11 is 0. The van der Waals surface area contributed by atoms with Crippen LogP contribution in [0.5, 0.6) is 0 Å². The van der Waals surface area contributed by atoms with Gasteiger partial charge in [0.1, 0.15) is 5.69 Å². The van der Waals surface area contributed by atoms with Crippen LogP contribution >= 0.6 is 0 Å². The van der Waals surface area contributed by atoms with E-state index in [4.69, 9.17) is 0 Å². The maximum absolute atomic E-state index is 11.1. The van der Waals surface area contributed by atoms with Gasteiger partial charge < -0.3 is 14.5 Å².